The Morgan fingerprint density at radius 2 is 1.84 bits per heavy atom. The molecule has 0 aromatic carbocycles. The molecular weight excluding hydrogens is 244 g/mol. The van der Waals surface area contributed by atoms with Gasteiger partial charge in [0.1, 0.15) is 0 Å². The Kier molecular flexibility index (Phi) is 2.77. The molecule has 2 fully saturated rings. The second-order valence-electron chi connectivity index (χ2n) is 6.55. The summed E-state index contributed by atoms with van der Waals surface area (Å²) in [4.78, 5) is 3.71. The van der Waals surface area contributed by atoms with Gasteiger partial charge in [-0.05, 0) is 51.7 Å². The SMILES string of the molecule is CC1(C)OB([C@H]2C[C@@H]2c2ccc(F)nc2)OC1(C)C. The van der Waals surface area contributed by atoms with Gasteiger partial charge in [-0.1, -0.05) is 6.07 Å². The van der Waals surface area contributed by atoms with Crippen LogP contribution in [0.15, 0.2) is 18.3 Å². The minimum atomic E-state index is -0.434. The van der Waals surface area contributed by atoms with E-state index in [0.29, 0.717) is 11.7 Å². The largest absolute Gasteiger partial charge is 0.461 e. The molecule has 0 unspecified atom stereocenters. The monoisotopic (exact) mass is 263 g/mol. The molecule has 3 rings (SSSR count). The molecule has 2 atom stereocenters. The molecule has 0 amide bonds. The van der Waals surface area contributed by atoms with Crippen molar-refractivity contribution in [3.63, 3.8) is 0 Å². The van der Waals surface area contributed by atoms with Crippen LogP contribution in [0.3, 0.4) is 0 Å². The average molecular weight is 263 g/mol. The highest BCUT2D eigenvalue weighted by Gasteiger charge is 2.59. The number of halogens is 1. The van der Waals surface area contributed by atoms with Crippen molar-refractivity contribution in [3.8, 4) is 0 Å². The van der Waals surface area contributed by atoms with Crippen LogP contribution in [0.4, 0.5) is 4.39 Å². The molecule has 1 aromatic heterocycles. The van der Waals surface area contributed by atoms with Crippen LogP contribution in [0.5, 0.6) is 0 Å². The zero-order valence-electron chi connectivity index (χ0n) is 11.8. The molecule has 1 aliphatic heterocycles. The van der Waals surface area contributed by atoms with E-state index in [2.05, 4.69) is 32.7 Å². The zero-order chi connectivity index (χ0) is 13.8. The van der Waals surface area contributed by atoms with E-state index in [1.165, 1.54) is 6.07 Å². The standard InChI is InChI=1S/C14H19BFNO2/c1-13(2)14(3,4)19-15(18-13)11-7-10(11)9-5-6-12(16)17-8-9/h5-6,8,10-11H,7H2,1-4H3/t10-,11+/m1/s1. The van der Waals surface area contributed by atoms with Crippen molar-refractivity contribution in [3.05, 3.63) is 29.8 Å². The fraction of sp³-hybridized carbons (Fsp3) is 0.643. The summed E-state index contributed by atoms with van der Waals surface area (Å²) >= 11 is 0. The van der Waals surface area contributed by atoms with E-state index >= 15 is 0 Å². The fourth-order valence-corrected chi connectivity index (χ4v) is 2.57. The number of aromatic nitrogens is 1. The zero-order valence-corrected chi connectivity index (χ0v) is 11.8. The summed E-state index contributed by atoms with van der Waals surface area (Å²) in [5.41, 5.74) is 0.499. The van der Waals surface area contributed by atoms with Gasteiger partial charge in [0.2, 0.25) is 5.95 Å². The highest BCUT2D eigenvalue weighted by atomic mass is 19.1. The van der Waals surface area contributed by atoms with Gasteiger partial charge in [0.05, 0.1) is 11.2 Å². The van der Waals surface area contributed by atoms with E-state index in [1.807, 2.05) is 0 Å². The maximum Gasteiger partial charge on any atom is 0.461 e. The molecule has 0 radical (unpaired) electrons. The van der Waals surface area contributed by atoms with Crippen molar-refractivity contribution < 1.29 is 13.7 Å². The molecule has 1 aliphatic carbocycles. The van der Waals surface area contributed by atoms with E-state index in [0.717, 1.165) is 12.0 Å². The van der Waals surface area contributed by atoms with Crippen molar-refractivity contribution in [1.82, 2.24) is 4.98 Å². The van der Waals surface area contributed by atoms with Crippen LogP contribution >= 0.6 is 0 Å². The van der Waals surface area contributed by atoms with E-state index in [-0.39, 0.29) is 18.3 Å². The molecule has 2 aliphatic rings. The fourth-order valence-electron chi connectivity index (χ4n) is 2.57. The molecule has 0 bridgehead atoms. The maximum atomic E-state index is 12.8. The van der Waals surface area contributed by atoms with Crippen molar-refractivity contribution >= 4 is 7.12 Å². The van der Waals surface area contributed by atoms with Crippen LogP contribution in [-0.4, -0.2) is 23.3 Å². The molecule has 102 valence electrons. The van der Waals surface area contributed by atoms with Crippen LogP contribution in [0.1, 0.15) is 45.6 Å². The Balaban J connectivity index is 1.70. The summed E-state index contributed by atoms with van der Waals surface area (Å²) in [6.07, 6.45) is 2.63. The van der Waals surface area contributed by atoms with Gasteiger partial charge in [-0.25, -0.2) is 4.98 Å². The second kappa shape index (κ2) is 4.03. The van der Waals surface area contributed by atoms with Crippen LogP contribution in [0, 0.1) is 5.95 Å². The van der Waals surface area contributed by atoms with Gasteiger partial charge in [0.15, 0.2) is 0 Å². The normalized spacial score (nSPS) is 31.5. The number of pyridine rings is 1. The molecule has 0 N–H and O–H groups in total. The second-order valence-corrected chi connectivity index (χ2v) is 6.55. The van der Waals surface area contributed by atoms with Crippen molar-refractivity contribution in [2.75, 3.05) is 0 Å². The smallest absolute Gasteiger partial charge is 0.403 e. The van der Waals surface area contributed by atoms with Crippen molar-refractivity contribution in [2.45, 2.75) is 57.1 Å². The summed E-state index contributed by atoms with van der Waals surface area (Å²) in [6, 6.07) is 3.22. The molecule has 1 aromatic rings. The Labute approximate surface area is 113 Å². The number of rotatable bonds is 2. The summed E-state index contributed by atoms with van der Waals surface area (Å²) in [5, 5.41) is 0. The first kappa shape index (κ1) is 13.1. The van der Waals surface area contributed by atoms with Gasteiger partial charge in [-0.15, -0.1) is 0 Å². The number of hydrogen-bond donors (Lipinski definition) is 0. The molecule has 3 nitrogen and oxygen atoms in total. The Bertz CT molecular complexity index is 473. The quantitative estimate of drug-likeness (QED) is 0.606. The van der Waals surface area contributed by atoms with Gasteiger partial charge >= 0.3 is 7.12 Å². The predicted molar refractivity (Wildman–Crippen MR) is 71.4 cm³/mol. The lowest BCUT2D eigenvalue weighted by Gasteiger charge is -2.32. The lowest BCUT2D eigenvalue weighted by atomic mass is 9.80. The van der Waals surface area contributed by atoms with Gasteiger partial charge in [0.25, 0.3) is 0 Å². The first-order chi connectivity index (χ1) is 8.80. The van der Waals surface area contributed by atoms with E-state index in [1.54, 1.807) is 12.3 Å². The molecule has 2 heterocycles. The molecule has 1 saturated carbocycles. The Hall–Kier alpha value is -0.935. The summed E-state index contributed by atoms with van der Waals surface area (Å²) in [7, 11) is -0.167. The first-order valence-electron chi connectivity index (χ1n) is 6.77. The number of hydrogen-bond acceptors (Lipinski definition) is 3. The van der Waals surface area contributed by atoms with Gasteiger partial charge in [-0.3, -0.25) is 0 Å². The van der Waals surface area contributed by atoms with Crippen LogP contribution in [0.25, 0.3) is 0 Å². The highest BCUT2D eigenvalue weighted by molar-refractivity contribution is 6.49. The molecule has 19 heavy (non-hydrogen) atoms. The third-order valence-corrected chi connectivity index (χ3v) is 4.64. The topological polar surface area (TPSA) is 31.4 Å². The van der Waals surface area contributed by atoms with Crippen LogP contribution in [-0.2, 0) is 9.31 Å². The summed E-state index contributed by atoms with van der Waals surface area (Å²) < 4.78 is 24.9. The maximum absolute atomic E-state index is 12.8. The van der Waals surface area contributed by atoms with Crippen LogP contribution < -0.4 is 0 Å². The third-order valence-electron chi connectivity index (χ3n) is 4.64. The van der Waals surface area contributed by atoms with Crippen molar-refractivity contribution in [1.29, 1.82) is 0 Å². The van der Waals surface area contributed by atoms with Gasteiger partial charge in [-0.2, -0.15) is 4.39 Å². The van der Waals surface area contributed by atoms with E-state index in [4.69, 9.17) is 9.31 Å². The molecule has 5 heteroatoms. The number of nitrogens with zero attached hydrogens (tertiary/aromatic N) is 1. The minimum Gasteiger partial charge on any atom is -0.403 e. The van der Waals surface area contributed by atoms with Gasteiger partial charge < -0.3 is 9.31 Å². The van der Waals surface area contributed by atoms with Crippen molar-refractivity contribution in [2.24, 2.45) is 0 Å². The van der Waals surface area contributed by atoms with Crippen LogP contribution in [0.2, 0.25) is 5.82 Å². The highest BCUT2D eigenvalue weighted by Crippen LogP contribution is 2.58. The third kappa shape index (κ3) is 2.19. The lowest BCUT2D eigenvalue weighted by molar-refractivity contribution is 0.00578. The van der Waals surface area contributed by atoms with E-state index < -0.39 is 5.95 Å². The molecular formula is C14H19BFNO2. The molecule has 0 spiro atoms. The van der Waals surface area contributed by atoms with E-state index in [9.17, 15) is 4.39 Å². The summed E-state index contributed by atoms with van der Waals surface area (Å²) in [5.74, 6) is 0.299. The Morgan fingerprint density at radius 3 is 2.37 bits per heavy atom. The molecule has 1 saturated heterocycles. The first-order valence-corrected chi connectivity index (χ1v) is 6.77. The minimum absolute atomic E-state index is 0.167. The predicted octanol–water partition coefficient (Wildman–Crippen LogP) is 3.17. The van der Waals surface area contributed by atoms with Gasteiger partial charge in [0, 0.05) is 12.0 Å². The average Bonchev–Trinajstić information content (AvgIpc) is 3.04. The lowest BCUT2D eigenvalue weighted by Crippen LogP contribution is -2.41. The summed E-state index contributed by atoms with van der Waals surface area (Å²) in [6.45, 7) is 8.24. The Morgan fingerprint density at radius 1 is 1.21 bits per heavy atom.